The standard InChI is InChI=1S/C27H25BN6O3S/c1-16(35)30-27-31-21-7-6-19-23(18-4-2-9-29-15-18)32-34(24(19)25(21)38-27)22-8-5-17(14-20(22)28)26(36)33-10-3-12-37-13-11-33/h2,4-5,8-9,14-15H,3,6-7,10-13H2,1H3,(H,30,31,35). The number of nitrogens with zero attached hydrogens (tertiary/aromatic N) is 5. The lowest BCUT2D eigenvalue weighted by atomic mass is 9.91. The van der Waals surface area contributed by atoms with Crippen molar-refractivity contribution in [3.8, 4) is 27.5 Å². The van der Waals surface area contributed by atoms with Crippen molar-refractivity contribution in [3.05, 3.63) is 59.5 Å². The molecule has 11 heteroatoms. The molecule has 0 spiro atoms. The van der Waals surface area contributed by atoms with Gasteiger partial charge in [-0.25, -0.2) is 9.67 Å². The average Bonchev–Trinajstić information content (AvgIpc) is 3.38. The monoisotopic (exact) mass is 524 g/mol. The minimum Gasteiger partial charge on any atom is -0.380 e. The number of nitrogens with one attached hydrogen (secondary N) is 1. The molecule has 1 N–H and O–H groups in total. The molecule has 4 aromatic rings. The van der Waals surface area contributed by atoms with Crippen LogP contribution in [0.4, 0.5) is 5.13 Å². The number of fused-ring (bicyclic) bond motifs is 3. The Kier molecular flexibility index (Phi) is 6.54. The van der Waals surface area contributed by atoms with Crippen LogP contribution in [0, 0.1) is 0 Å². The van der Waals surface area contributed by atoms with Crippen molar-refractivity contribution >= 4 is 41.6 Å². The molecule has 1 aliphatic heterocycles. The highest BCUT2D eigenvalue weighted by molar-refractivity contribution is 7.19. The maximum Gasteiger partial charge on any atom is 0.253 e. The SMILES string of the molecule is [B]c1cc(C(=O)N2CCCOCC2)ccc1-n1nc(-c2cccnc2)c2c1-c1sc(NC(C)=O)nc1CC2. The largest absolute Gasteiger partial charge is 0.380 e. The second kappa shape index (κ2) is 10.1. The number of rotatable bonds is 4. The van der Waals surface area contributed by atoms with Crippen LogP contribution in [0.2, 0.25) is 0 Å². The zero-order valence-electron chi connectivity index (χ0n) is 20.9. The molecule has 4 heterocycles. The van der Waals surface area contributed by atoms with Crippen molar-refractivity contribution in [3.63, 3.8) is 0 Å². The second-order valence-corrected chi connectivity index (χ2v) is 10.3. The quantitative estimate of drug-likeness (QED) is 0.412. The molecule has 3 aromatic heterocycles. The van der Waals surface area contributed by atoms with Crippen LogP contribution in [0.5, 0.6) is 0 Å². The van der Waals surface area contributed by atoms with Gasteiger partial charge in [0.25, 0.3) is 5.91 Å². The molecule has 2 amide bonds. The maximum absolute atomic E-state index is 13.2. The molecular weight excluding hydrogens is 499 g/mol. The van der Waals surface area contributed by atoms with Gasteiger partial charge in [-0.1, -0.05) is 22.9 Å². The summed E-state index contributed by atoms with van der Waals surface area (Å²) in [6, 6.07) is 9.25. The molecular formula is C27H25BN6O3S. The molecule has 0 unspecified atom stereocenters. The van der Waals surface area contributed by atoms with Crippen LogP contribution in [0.3, 0.4) is 0 Å². The lowest BCUT2D eigenvalue weighted by Gasteiger charge is -2.20. The molecule has 6 rings (SSSR count). The number of carbonyl (C=O) groups excluding carboxylic acids is 2. The van der Waals surface area contributed by atoms with E-state index in [2.05, 4.69) is 15.3 Å². The van der Waals surface area contributed by atoms with Crippen LogP contribution in [0.1, 0.15) is 35.0 Å². The van der Waals surface area contributed by atoms with Crippen molar-refractivity contribution in [2.75, 3.05) is 31.6 Å². The van der Waals surface area contributed by atoms with Gasteiger partial charge in [-0.3, -0.25) is 14.6 Å². The number of aryl methyl sites for hydroxylation is 1. The number of anilines is 1. The van der Waals surface area contributed by atoms with Crippen molar-refractivity contribution in [2.24, 2.45) is 0 Å². The molecule has 0 saturated carbocycles. The molecule has 1 fully saturated rings. The van der Waals surface area contributed by atoms with Crippen molar-refractivity contribution in [2.45, 2.75) is 26.2 Å². The average molecular weight is 524 g/mol. The lowest BCUT2D eigenvalue weighted by molar-refractivity contribution is -0.114. The number of benzene rings is 1. The van der Waals surface area contributed by atoms with Gasteiger partial charge in [0.05, 0.1) is 34.3 Å². The van der Waals surface area contributed by atoms with E-state index >= 15 is 0 Å². The van der Waals surface area contributed by atoms with Gasteiger partial charge in [0, 0.05) is 55.7 Å². The van der Waals surface area contributed by atoms with Crippen LogP contribution in [-0.4, -0.2) is 70.6 Å². The lowest BCUT2D eigenvalue weighted by Crippen LogP contribution is -2.33. The Bertz CT molecular complexity index is 1530. The Morgan fingerprint density at radius 3 is 2.84 bits per heavy atom. The number of carbonyl (C=O) groups is 2. The van der Waals surface area contributed by atoms with E-state index < -0.39 is 0 Å². The fraction of sp³-hybridized carbons (Fsp3) is 0.296. The van der Waals surface area contributed by atoms with Gasteiger partial charge in [-0.15, -0.1) is 0 Å². The fourth-order valence-corrected chi connectivity index (χ4v) is 6.11. The summed E-state index contributed by atoms with van der Waals surface area (Å²) >= 11 is 1.43. The number of ether oxygens (including phenoxy) is 1. The van der Waals surface area contributed by atoms with Gasteiger partial charge in [-0.2, -0.15) is 5.10 Å². The van der Waals surface area contributed by atoms with E-state index in [1.54, 1.807) is 24.5 Å². The summed E-state index contributed by atoms with van der Waals surface area (Å²) in [5.74, 6) is -0.224. The molecule has 1 aromatic carbocycles. The highest BCUT2D eigenvalue weighted by Crippen LogP contribution is 2.43. The zero-order valence-corrected chi connectivity index (χ0v) is 21.8. The van der Waals surface area contributed by atoms with E-state index in [1.165, 1.54) is 18.3 Å². The van der Waals surface area contributed by atoms with Gasteiger partial charge in [0.15, 0.2) is 5.13 Å². The van der Waals surface area contributed by atoms with Gasteiger partial charge >= 0.3 is 0 Å². The summed E-state index contributed by atoms with van der Waals surface area (Å²) in [5, 5.41) is 8.38. The predicted octanol–water partition coefficient (Wildman–Crippen LogP) is 2.77. The minimum absolute atomic E-state index is 0.0583. The van der Waals surface area contributed by atoms with Gasteiger partial charge in [0.1, 0.15) is 7.85 Å². The van der Waals surface area contributed by atoms with E-state index in [-0.39, 0.29) is 11.8 Å². The Morgan fingerprint density at radius 2 is 2.05 bits per heavy atom. The first-order valence-corrected chi connectivity index (χ1v) is 13.4. The Morgan fingerprint density at radius 1 is 1.16 bits per heavy atom. The number of hydrogen-bond donors (Lipinski definition) is 1. The molecule has 0 atom stereocenters. The predicted molar refractivity (Wildman–Crippen MR) is 146 cm³/mol. The Balaban J connectivity index is 1.45. The number of pyridine rings is 1. The van der Waals surface area contributed by atoms with Crippen molar-refractivity contribution in [1.29, 1.82) is 0 Å². The molecule has 2 radical (unpaired) electrons. The zero-order chi connectivity index (χ0) is 26.2. The minimum atomic E-state index is -0.165. The fourth-order valence-electron chi connectivity index (χ4n) is 5.00. The van der Waals surface area contributed by atoms with Crippen LogP contribution in [-0.2, 0) is 22.4 Å². The van der Waals surface area contributed by atoms with Crippen LogP contribution >= 0.6 is 11.3 Å². The van der Waals surface area contributed by atoms with E-state index in [0.29, 0.717) is 48.1 Å². The van der Waals surface area contributed by atoms with E-state index in [0.717, 1.165) is 52.3 Å². The molecule has 2 aliphatic rings. The third-order valence-electron chi connectivity index (χ3n) is 6.74. The molecule has 190 valence electrons. The first kappa shape index (κ1) is 24.5. The van der Waals surface area contributed by atoms with E-state index in [9.17, 15) is 9.59 Å². The van der Waals surface area contributed by atoms with Gasteiger partial charge in [-0.05, 0) is 43.5 Å². The molecule has 38 heavy (non-hydrogen) atoms. The Labute approximate surface area is 225 Å². The van der Waals surface area contributed by atoms with Crippen molar-refractivity contribution < 1.29 is 14.3 Å². The van der Waals surface area contributed by atoms with E-state index in [1.807, 2.05) is 27.8 Å². The summed E-state index contributed by atoms with van der Waals surface area (Å²) in [5.41, 5.74) is 6.29. The summed E-state index contributed by atoms with van der Waals surface area (Å²) in [6.45, 7) is 3.89. The normalized spacial score (nSPS) is 14.9. The third-order valence-corrected chi connectivity index (χ3v) is 7.76. The topological polar surface area (TPSA) is 102 Å². The first-order valence-electron chi connectivity index (χ1n) is 12.6. The summed E-state index contributed by atoms with van der Waals surface area (Å²) in [6.07, 6.45) is 5.82. The number of amides is 2. The number of thiazole rings is 1. The van der Waals surface area contributed by atoms with Crippen LogP contribution < -0.4 is 10.8 Å². The third kappa shape index (κ3) is 4.52. The summed E-state index contributed by atoms with van der Waals surface area (Å²) in [7, 11) is 6.59. The van der Waals surface area contributed by atoms with Crippen LogP contribution in [0.15, 0.2) is 42.7 Å². The van der Waals surface area contributed by atoms with Gasteiger partial charge < -0.3 is 15.0 Å². The maximum atomic E-state index is 13.2. The molecule has 1 saturated heterocycles. The van der Waals surface area contributed by atoms with Crippen LogP contribution in [0.25, 0.3) is 27.5 Å². The summed E-state index contributed by atoms with van der Waals surface area (Å²) in [4.78, 5) is 36.6. The number of hydrogen-bond acceptors (Lipinski definition) is 7. The molecule has 1 aliphatic carbocycles. The summed E-state index contributed by atoms with van der Waals surface area (Å²) < 4.78 is 7.33. The van der Waals surface area contributed by atoms with E-state index in [4.69, 9.17) is 17.7 Å². The highest BCUT2D eigenvalue weighted by atomic mass is 32.1. The number of aromatic nitrogens is 4. The molecule has 0 bridgehead atoms. The Hall–Kier alpha value is -3.83. The second-order valence-electron chi connectivity index (χ2n) is 9.34. The highest BCUT2D eigenvalue weighted by Gasteiger charge is 2.30. The molecule has 9 nitrogen and oxygen atoms in total. The first-order chi connectivity index (χ1) is 18.5. The van der Waals surface area contributed by atoms with Crippen molar-refractivity contribution in [1.82, 2.24) is 24.6 Å². The smallest absolute Gasteiger partial charge is 0.253 e. The van der Waals surface area contributed by atoms with Gasteiger partial charge in [0.2, 0.25) is 5.91 Å².